The van der Waals surface area contributed by atoms with E-state index in [1.54, 1.807) is 0 Å². The van der Waals surface area contributed by atoms with E-state index in [1.807, 2.05) is 6.92 Å². The fourth-order valence-electron chi connectivity index (χ4n) is 5.44. The van der Waals surface area contributed by atoms with E-state index >= 15 is 0 Å². The summed E-state index contributed by atoms with van der Waals surface area (Å²) >= 11 is 0. The normalized spacial score (nSPS) is 38.0. The van der Waals surface area contributed by atoms with Crippen LogP contribution in [0.25, 0.3) is 0 Å². The second-order valence-electron chi connectivity index (χ2n) is 7.87. The first-order valence-electron chi connectivity index (χ1n) is 9.44. The molecule has 2 aliphatic heterocycles. The van der Waals surface area contributed by atoms with Crippen molar-refractivity contribution in [1.82, 2.24) is 10.6 Å². The van der Waals surface area contributed by atoms with Crippen LogP contribution in [0.4, 0.5) is 0 Å². The number of sulfone groups is 1. The predicted octanol–water partition coefficient (Wildman–Crippen LogP) is 1.69. The molecule has 2 saturated carbocycles. The van der Waals surface area contributed by atoms with Gasteiger partial charge in [0.25, 0.3) is 0 Å². The first kappa shape index (κ1) is 19.7. The van der Waals surface area contributed by atoms with E-state index in [9.17, 15) is 8.42 Å². The standard InChI is InChI=1S/C17H29N3O3S.HI/c1-2-18-16(19-12-6-10-24(21,22)11-12)20-14-13-5-9-23-15(13)17(14)7-3-4-8-17;/h12-15H,2-11H2,1H3,(H2,18,19,20);1H. The van der Waals surface area contributed by atoms with Crippen LogP contribution < -0.4 is 10.6 Å². The lowest BCUT2D eigenvalue weighted by Crippen LogP contribution is -2.69. The Kier molecular flexibility index (Phi) is 5.90. The first-order chi connectivity index (χ1) is 11.5. The van der Waals surface area contributed by atoms with E-state index in [0.29, 0.717) is 31.0 Å². The maximum Gasteiger partial charge on any atom is 0.191 e. The molecule has 0 bridgehead atoms. The van der Waals surface area contributed by atoms with Crippen LogP contribution in [-0.2, 0) is 14.6 Å². The molecular formula is C17H30IN3O3S. The third-order valence-electron chi connectivity index (χ3n) is 6.47. The zero-order valence-electron chi connectivity index (χ0n) is 14.9. The molecule has 4 rings (SSSR count). The monoisotopic (exact) mass is 483 g/mol. The molecule has 0 amide bonds. The van der Waals surface area contributed by atoms with E-state index < -0.39 is 9.84 Å². The van der Waals surface area contributed by atoms with E-state index in [-0.39, 0.29) is 46.9 Å². The van der Waals surface area contributed by atoms with Crippen molar-refractivity contribution in [3.05, 3.63) is 0 Å². The highest BCUT2D eigenvalue weighted by Crippen LogP contribution is 2.60. The number of aliphatic imine (C=N–C) groups is 1. The van der Waals surface area contributed by atoms with Gasteiger partial charge in [-0.25, -0.2) is 8.42 Å². The Morgan fingerprint density at radius 2 is 2.00 bits per heavy atom. The molecule has 4 unspecified atom stereocenters. The van der Waals surface area contributed by atoms with Crippen LogP contribution in [0, 0.1) is 11.3 Å². The summed E-state index contributed by atoms with van der Waals surface area (Å²) in [4.78, 5) is 4.58. The number of hydrogen-bond donors (Lipinski definition) is 2. The summed E-state index contributed by atoms with van der Waals surface area (Å²) in [6, 6.07) is 0.409. The molecule has 0 aromatic rings. The number of nitrogens with one attached hydrogen (secondary N) is 2. The quantitative estimate of drug-likeness (QED) is 0.363. The molecule has 2 N–H and O–H groups in total. The molecule has 144 valence electrons. The highest BCUT2D eigenvalue weighted by Gasteiger charge is 2.65. The highest BCUT2D eigenvalue weighted by atomic mass is 127. The average molecular weight is 483 g/mol. The minimum absolute atomic E-state index is 0. The van der Waals surface area contributed by atoms with Gasteiger partial charge in [0.05, 0.1) is 17.6 Å². The van der Waals surface area contributed by atoms with Crippen molar-refractivity contribution in [1.29, 1.82) is 0 Å². The Morgan fingerprint density at radius 1 is 1.24 bits per heavy atom. The van der Waals surface area contributed by atoms with Crippen LogP contribution in [0.3, 0.4) is 0 Å². The van der Waals surface area contributed by atoms with Crippen molar-refractivity contribution in [2.45, 2.75) is 63.6 Å². The third kappa shape index (κ3) is 3.54. The summed E-state index contributed by atoms with van der Waals surface area (Å²) < 4.78 is 29.5. The number of nitrogens with zero attached hydrogens (tertiary/aromatic N) is 1. The first-order valence-corrected chi connectivity index (χ1v) is 11.3. The molecule has 8 heteroatoms. The minimum Gasteiger partial charge on any atom is -0.377 e. The fourth-order valence-corrected chi connectivity index (χ4v) is 7.12. The van der Waals surface area contributed by atoms with Gasteiger partial charge in [-0.3, -0.25) is 4.99 Å². The van der Waals surface area contributed by atoms with Gasteiger partial charge in [-0.15, -0.1) is 24.0 Å². The van der Waals surface area contributed by atoms with Gasteiger partial charge in [0, 0.05) is 36.6 Å². The molecule has 6 nitrogen and oxygen atoms in total. The molecule has 4 atom stereocenters. The second kappa shape index (κ2) is 7.50. The van der Waals surface area contributed by atoms with Crippen LogP contribution in [0.2, 0.25) is 0 Å². The maximum absolute atomic E-state index is 11.7. The summed E-state index contributed by atoms with van der Waals surface area (Å²) in [5.41, 5.74) is 0.277. The summed E-state index contributed by atoms with van der Waals surface area (Å²) in [6.45, 7) is 3.59. The molecule has 25 heavy (non-hydrogen) atoms. The summed E-state index contributed by atoms with van der Waals surface area (Å²) in [5, 5.41) is 7.05. The van der Waals surface area contributed by atoms with Gasteiger partial charge >= 0.3 is 0 Å². The molecule has 2 heterocycles. The van der Waals surface area contributed by atoms with E-state index in [2.05, 4.69) is 15.6 Å². The van der Waals surface area contributed by atoms with Crippen LogP contribution >= 0.6 is 24.0 Å². The summed E-state index contributed by atoms with van der Waals surface area (Å²) in [5.74, 6) is 1.89. The van der Waals surface area contributed by atoms with Crippen LogP contribution in [0.15, 0.2) is 4.99 Å². The Hall–Kier alpha value is -0.0900. The van der Waals surface area contributed by atoms with Crippen molar-refractivity contribution in [3.8, 4) is 0 Å². The Labute approximate surface area is 167 Å². The fraction of sp³-hybridized carbons (Fsp3) is 0.941. The average Bonchev–Trinajstić information content (AvgIpc) is 3.23. The highest BCUT2D eigenvalue weighted by molar-refractivity contribution is 14.0. The number of halogens is 1. The number of hydrogen-bond acceptors (Lipinski definition) is 4. The van der Waals surface area contributed by atoms with Crippen molar-refractivity contribution in [2.24, 2.45) is 16.3 Å². The number of guanidine groups is 1. The lowest BCUT2D eigenvalue weighted by molar-refractivity contribution is -0.125. The van der Waals surface area contributed by atoms with Crippen molar-refractivity contribution >= 4 is 39.8 Å². The van der Waals surface area contributed by atoms with Crippen molar-refractivity contribution in [2.75, 3.05) is 24.7 Å². The Bertz CT molecular complexity index is 619. The third-order valence-corrected chi connectivity index (χ3v) is 8.24. The molecule has 1 spiro atoms. The zero-order chi connectivity index (χ0) is 16.8. The van der Waals surface area contributed by atoms with Crippen LogP contribution in [-0.4, -0.2) is 57.2 Å². The van der Waals surface area contributed by atoms with E-state index in [1.165, 1.54) is 25.7 Å². The molecular weight excluding hydrogens is 453 g/mol. The van der Waals surface area contributed by atoms with Crippen LogP contribution in [0.1, 0.15) is 45.4 Å². The van der Waals surface area contributed by atoms with Gasteiger partial charge in [0.1, 0.15) is 0 Å². The number of fused-ring (bicyclic) bond motifs is 2. The van der Waals surface area contributed by atoms with Crippen LogP contribution in [0.5, 0.6) is 0 Å². The van der Waals surface area contributed by atoms with E-state index in [0.717, 1.165) is 19.0 Å². The zero-order valence-corrected chi connectivity index (χ0v) is 18.0. The predicted molar refractivity (Wildman–Crippen MR) is 109 cm³/mol. The second-order valence-corrected chi connectivity index (χ2v) is 10.1. The van der Waals surface area contributed by atoms with Gasteiger partial charge in [0.2, 0.25) is 0 Å². The largest absolute Gasteiger partial charge is 0.377 e. The molecule has 4 fully saturated rings. The Balaban J connectivity index is 0.00000182. The number of rotatable bonds is 3. The lowest BCUT2D eigenvalue weighted by atomic mass is 9.54. The van der Waals surface area contributed by atoms with Crippen molar-refractivity contribution in [3.63, 3.8) is 0 Å². The SMILES string of the molecule is CCN=C(NC1CCS(=O)(=O)C1)NC1C2CCOC2C12CCCC2.I. The summed E-state index contributed by atoms with van der Waals surface area (Å²) in [7, 11) is -2.88. The lowest BCUT2D eigenvalue weighted by Gasteiger charge is -2.57. The van der Waals surface area contributed by atoms with Gasteiger partial charge in [0.15, 0.2) is 15.8 Å². The molecule has 0 radical (unpaired) electrons. The van der Waals surface area contributed by atoms with Crippen molar-refractivity contribution < 1.29 is 13.2 Å². The smallest absolute Gasteiger partial charge is 0.191 e. The molecule has 0 aromatic carbocycles. The maximum atomic E-state index is 11.7. The summed E-state index contributed by atoms with van der Waals surface area (Å²) in [6.07, 6.45) is 7.29. The minimum atomic E-state index is -2.88. The van der Waals surface area contributed by atoms with Gasteiger partial charge in [-0.1, -0.05) is 12.8 Å². The molecule has 2 saturated heterocycles. The molecule has 0 aromatic heterocycles. The van der Waals surface area contributed by atoms with E-state index in [4.69, 9.17) is 4.74 Å². The van der Waals surface area contributed by atoms with Gasteiger partial charge in [-0.2, -0.15) is 0 Å². The molecule has 2 aliphatic carbocycles. The molecule has 4 aliphatic rings. The van der Waals surface area contributed by atoms with Gasteiger partial charge < -0.3 is 15.4 Å². The Morgan fingerprint density at radius 3 is 2.64 bits per heavy atom. The van der Waals surface area contributed by atoms with Gasteiger partial charge in [-0.05, 0) is 32.6 Å². The topological polar surface area (TPSA) is 79.8 Å². The number of ether oxygens (including phenoxy) is 1.